The van der Waals surface area contributed by atoms with Crippen LogP contribution in [0.5, 0.6) is 0 Å². The quantitative estimate of drug-likeness (QED) is 0.625. The van der Waals surface area contributed by atoms with Gasteiger partial charge < -0.3 is 16.4 Å². The molecule has 5 nitrogen and oxygen atoms in total. The topological polar surface area (TPSA) is 80.0 Å². The summed E-state index contributed by atoms with van der Waals surface area (Å²) in [6.07, 6.45) is 3.50. The van der Waals surface area contributed by atoms with Crippen LogP contribution < -0.4 is 11.5 Å². The van der Waals surface area contributed by atoms with Crippen molar-refractivity contribution in [3.05, 3.63) is 33.8 Å². The van der Waals surface area contributed by atoms with Gasteiger partial charge in [0.2, 0.25) is 5.96 Å². The predicted octanol–water partition coefficient (Wildman–Crippen LogP) is 3.03. The van der Waals surface area contributed by atoms with Crippen LogP contribution in [0, 0.1) is 0 Å². The van der Waals surface area contributed by atoms with Crippen molar-refractivity contribution in [3.8, 4) is 0 Å². The van der Waals surface area contributed by atoms with Crippen LogP contribution in [0.25, 0.3) is 0 Å². The molecular formula is C14H20Cl3N5. The van der Waals surface area contributed by atoms with Crippen molar-refractivity contribution in [3.63, 3.8) is 0 Å². The summed E-state index contributed by atoms with van der Waals surface area (Å²) in [6.45, 7) is 2.19. The minimum atomic E-state index is 0. The molecule has 0 amide bonds. The van der Waals surface area contributed by atoms with Gasteiger partial charge in [0.1, 0.15) is 0 Å². The molecule has 22 heavy (non-hydrogen) atoms. The molecule has 1 heterocycles. The summed E-state index contributed by atoms with van der Waals surface area (Å²) < 4.78 is 0. The van der Waals surface area contributed by atoms with Gasteiger partial charge in [-0.25, -0.2) is 4.99 Å². The monoisotopic (exact) mass is 363 g/mol. The van der Waals surface area contributed by atoms with Gasteiger partial charge in [-0.05, 0) is 37.0 Å². The van der Waals surface area contributed by atoms with Crippen LogP contribution in [0.4, 0.5) is 0 Å². The SMILES string of the molecule is Cl.NC(=NCc1ccc(Cl)cc1Cl)N=C(N)N1CCCCC1. The summed E-state index contributed by atoms with van der Waals surface area (Å²) in [6, 6.07) is 5.26. The molecule has 1 aromatic carbocycles. The van der Waals surface area contributed by atoms with Crippen molar-refractivity contribution in [2.75, 3.05) is 13.1 Å². The number of nitrogens with zero attached hydrogens (tertiary/aromatic N) is 3. The molecule has 122 valence electrons. The Morgan fingerprint density at radius 2 is 1.82 bits per heavy atom. The van der Waals surface area contributed by atoms with E-state index in [-0.39, 0.29) is 18.4 Å². The molecule has 0 aliphatic carbocycles. The summed E-state index contributed by atoms with van der Waals surface area (Å²) in [5.41, 5.74) is 12.6. The Hall–Kier alpha value is -1.17. The van der Waals surface area contributed by atoms with E-state index >= 15 is 0 Å². The Morgan fingerprint density at radius 3 is 2.45 bits per heavy atom. The molecule has 0 unspecified atom stereocenters. The van der Waals surface area contributed by atoms with Gasteiger partial charge in [-0.3, -0.25) is 0 Å². The molecule has 0 atom stereocenters. The number of benzene rings is 1. The highest BCUT2D eigenvalue weighted by atomic mass is 35.5. The van der Waals surface area contributed by atoms with E-state index in [0.29, 0.717) is 22.5 Å². The van der Waals surface area contributed by atoms with Crippen LogP contribution in [0.2, 0.25) is 10.0 Å². The fraction of sp³-hybridized carbons (Fsp3) is 0.429. The maximum Gasteiger partial charge on any atom is 0.218 e. The number of guanidine groups is 2. The van der Waals surface area contributed by atoms with Gasteiger partial charge in [0.15, 0.2) is 5.96 Å². The number of likely N-dealkylation sites (tertiary alicyclic amines) is 1. The minimum absolute atomic E-state index is 0. The molecule has 4 N–H and O–H groups in total. The Labute approximate surface area is 146 Å². The van der Waals surface area contributed by atoms with Crippen LogP contribution in [-0.4, -0.2) is 29.9 Å². The zero-order valence-electron chi connectivity index (χ0n) is 12.1. The Bertz CT molecular complexity index is 553. The number of hydrogen-bond donors (Lipinski definition) is 2. The third-order valence-corrected chi connectivity index (χ3v) is 3.92. The first-order chi connectivity index (χ1) is 10.1. The van der Waals surface area contributed by atoms with Crippen molar-refractivity contribution in [2.45, 2.75) is 25.8 Å². The van der Waals surface area contributed by atoms with Crippen molar-refractivity contribution < 1.29 is 0 Å². The van der Waals surface area contributed by atoms with Crippen LogP contribution in [-0.2, 0) is 6.54 Å². The van der Waals surface area contributed by atoms with Crippen LogP contribution in [0.15, 0.2) is 28.2 Å². The average Bonchev–Trinajstić information content (AvgIpc) is 2.47. The molecule has 0 bridgehead atoms. The molecule has 0 radical (unpaired) electrons. The van der Waals surface area contributed by atoms with Crippen molar-refractivity contribution in [1.29, 1.82) is 0 Å². The number of piperidine rings is 1. The third-order valence-electron chi connectivity index (χ3n) is 3.34. The lowest BCUT2D eigenvalue weighted by molar-refractivity contribution is 0.339. The van der Waals surface area contributed by atoms with E-state index in [1.54, 1.807) is 12.1 Å². The normalized spacial score (nSPS) is 16.4. The van der Waals surface area contributed by atoms with Gasteiger partial charge in [0, 0.05) is 23.1 Å². The van der Waals surface area contributed by atoms with E-state index in [1.807, 2.05) is 11.0 Å². The smallest absolute Gasteiger partial charge is 0.218 e. The van der Waals surface area contributed by atoms with Crippen molar-refractivity contribution >= 4 is 47.5 Å². The van der Waals surface area contributed by atoms with Crippen molar-refractivity contribution in [2.24, 2.45) is 21.5 Å². The van der Waals surface area contributed by atoms with E-state index in [2.05, 4.69) is 9.98 Å². The molecule has 0 saturated carbocycles. The lowest BCUT2D eigenvalue weighted by Gasteiger charge is -2.27. The minimum Gasteiger partial charge on any atom is -0.369 e. The van der Waals surface area contributed by atoms with Gasteiger partial charge in [-0.2, -0.15) is 4.99 Å². The first kappa shape index (κ1) is 18.9. The lowest BCUT2D eigenvalue weighted by atomic mass is 10.1. The number of nitrogens with two attached hydrogens (primary N) is 2. The fourth-order valence-corrected chi connectivity index (χ4v) is 2.63. The van der Waals surface area contributed by atoms with E-state index in [9.17, 15) is 0 Å². The summed E-state index contributed by atoms with van der Waals surface area (Å²) in [5.74, 6) is 0.585. The standard InChI is InChI=1S/C14H19Cl2N5.ClH/c15-11-5-4-10(12(16)8-11)9-19-13(17)20-14(18)21-6-2-1-3-7-21;/h4-5,8H,1-3,6-7,9H2,(H4,17,18,19,20);1H. The molecule has 8 heteroatoms. The molecule has 1 aliphatic heterocycles. The van der Waals surface area contributed by atoms with Gasteiger partial charge >= 0.3 is 0 Å². The summed E-state index contributed by atoms with van der Waals surface area (Å²) in [4.78, 5) is 10.4. The molecule has 1 aliphatic rings. The second-order valence-electron chi connectivity index (χ2n) is 4.93. The molecule has 1 saturated heterocycles. The molecule has 2 rings (SSSR count). The summed E-state index contributed by atoms with van der Waals surface area (Å²) >= 11 is 11.9. The predicted molar refractivity (Wildman–Crippen MR) is 96.1 cm³/mol. The van der Waals surface area contributed by atoms with Crippen LogP contribution >= 0.6 is 35.6 Å². The van der Waals surface area contributed by atoms with Gasteiger partial charge in [0.25, 0.3) is 0 Å². The maximum atomic E-state index is 6.08. The van der Waals surface area contributed by atoms with E-state index in [0.717, 1.165) is 31.5 Å². The third kappa shape index (κ3) is 5.55. The second kappa shape index (κ2) is 9.08. The van der Waals surface area contributed by atoms with Crippen LogP contribution in [0.1, 0.15) is 24.8 Å². The largest absolute Gasteiger partial charge is 0.369 e. The molecule has 1 fully saturated rings. The zero-order chi connectivity index (χ0) is 15.2. The van der Waals surface area contributed by atoms with Crippen molar-refractivity contribution in [1.82, 2.24) is 4.90 Å². The first-order valence-electron chi connectivity index (χ1n) is 6.89. The molecule has 0 spiro atoms. The van der Waals surface area contributed by atoms with E-state index in [1.165, 1.54) is 6.42 Å². The van der Waals surface area contributed by atoms with Crippen LogP contribution in [0.3, 0.4) is 0 Å². The molecular weight excluding hydrogens is 345 g/mol. The Kier molecular flexibility index (Phi) is 7.79. The number of hydrogen-bond acceptors (Lipinski definition) is 1. The number of halogens is 3. The summed E-state index contributed by atoms with van der Waals surface area (Å²) in [7, 11) is 0. The molecule has 1 aromatic rings. The second-order valence-corrected chi connectivity index (χ2v) is 5.77. The van der Waals surface area contributed by atoms with Gasteiger partial charge in [0.05, 0.1) is 6.54 Å². The highest BCUT2D eigenvalue weighted by Gasteiger charge is 2.12. The fourth-order valence-electron chi connectivity index (χ4n) is 2.16. The average molecular weight is 365 g/mol. The Morgan fingerprint density at radius 1 is 1.14 bits per heavy atom. The number of rotatable bonds is 2. The Balaban J connectivity index is 0.00000242. The first-order valence-corrected chi connectivity index (χ1v) is 7.65. The van der Waals surface area contributed by atoms with Gasteiger partial charge in [-0.1, -0.05) is 29.3 Å². The highest BCUT2D eigenvalue weighted by Crippen LogP contribution is 2.21. The molecule has 0 aromatic heterocycles. The summed E-state index contributed by atoms with van der Waals surface area (Å²) in [5, 5.41) is 1.15. The van der Waals surface area contributed by atoms with Gasteiger partial charge in [-0.15, -0.1) is 12.4 Å². The number of aliphatic imine (C=N–C) groups is 2. The van der Waals surface area contributed by atoms with E-state index < -0.39 is 0 Å². The lowest BCUT2D eigenvalue weighted by Crippen LogP contribution is -2.41. The maximum absolute atomic E-state index is 6.08. The highest BCUT2D eigenvalue weighted by molar-refractivity contribution is 6.35. The zero-order valence-corrected chi connectivity index (χ0v) is 14.5. The van der Waals surface area contributed by atoms with E-state index in [4.69, 9.17) is 34.7 Å².